The number of hydrogen-bond donors (Lipinski definition) is 1. The lowest BCUT2D eigenvalue weighted by atomic mass is 10.2. The minimum atomic E-state index is -3.32. The van der Waals surface area contributed by atoms with Crippen LogP contribution in [0.15, 0.2) is 0 Å². The molecule has 2 aliphatic heterocycles. The summed E-state index contributed by atoms with van der Waals surface area (Å²) in [6.45, 7) is 2.58. The van der Waals surface area contributed by atoms with Gasteiger partial charge in [-0.3, -0.25) is 4.79 Å². The molecule has 0 bridgehead atoms. The predicted octanol–water partition coefficient (Wildman–Crippen LogP) is -0.768. The highest BCUT2D eigenvalue weighted by Crippen LogP contribution is 2.19. The topological polar surface area (TPSA) is 69.7 Å². The van der Waals surface area contributed by atoms with Crippen molar-refractivity contribution in [1.29, 1.82) is 0 Å². The second kappa shape index (κ2) is 5.54. The third-order valence-corrected chi connectivity index (χ3v) is 6.05. The van der Waals surface area contributed by atoms with Crippen molar-refractivity contribution in [3.05, 3.63) is 0 Å². The van der Waals surface area contributed by atoms with Crippen LogP contribution in [-0.2, 0) is 14.8 Å². The van der Waals surface area contributed by atoms with Crippen molar-refractivity contribution < 1.29 is 13.2 Å². The third-order valence-electron chi connectivity index (χ3n) is 3.71. The molecule has 0 unspecified atom stereocenters. The van der Waals surface area contributed by atoms with Gasteiger partial charge in [0.05, 0.1) is 11.8 Å². The normalized spacial score (nSPS) is 25.2. The molecular formula is C11H21N3O3S. The van der Waals surface area contributed by atoms with Gasteiger partial charge in [0.2, 0.25) is 15.9 Å². The molecule has 6 nitrogen and oxygen atoms in total. The van der Waals surface area contributed by atoms with Gasteiger partial charge >= 0.3 is 0 Å². The zero-order valence-electron chi connectivity index (χ0n) is 10.8. The summed E-state index contributed by atoms with van der Waals surface area (Å²) in [5, 5.41) is 2.84. The Kier molecular flexibility index (Phi) is 4.24. The Balaban J connectivity index is 2.10. The number of nitrogens with one attached hydrogen (secondary N) is 1. The summed E-state index contributed by atoms with van der Waals surface area (Å²) in [4.78, 5) is 13.4. The van der Waals surface area contributed by atoms with Crippen molar-refractivity contribution in [2.75, 3.05) is 39.8 Å². The van der Waals surface area contributed by atoms with E-state index in [0.29, 0.717) is 32.4 Å². The van der Waals surface area contributed by atoms with Gasteiger partial charge < -0.3 is 10.2 Å². The molecule has 2 fully saturated rings. The predicted molar refractivity (Wildman–Crippen MR) is 68.6 cm³/mol. The first-order valence-corrected chi connectivity index (χ1v) is 7.96. The Morgan fingerprint density at radius 2 is 1.89 bits per heavy atom. The molecule has 18 heavy (non-hydrogen) atoms. The van der Waals surface area contributed by atoms with E-state index in [1.807, 2.05) is 0 Å². The van der Waals surface area contributed by atoms with Crippen LogP contribution in [0.5, 0.6) is 0 Å². The van der Waals surface area contributed by atoms with Gasteiger partial charge in [0.25, 0.3) is 0 Å². The number of nitrogens with zero attached hydrogens (tertiary/aromatic N) is 2. The molecule has 0 aliphatic carbocycles. The van der Waals surface area contributed by atoms with Gasteiger partial charge in [0.1, 0.15) is 0 Å². The molecule has 2 heterocycles. The van der Waals surface area contributed by atoms with Crippen LogP contribution in [0, 0.1) is 0 Å². The number of carbonyl (C=O) groups is 1. The van der Waals surface area contributed by atoms with Crippen LogP contribution in [0.3, 0.4) is 0 Å². The number of carbonyl (C=O) groups excluding carboxylic acids is 1. The molecule has 7 heteroatoms. The minimum absolute atomic E-state index is 0.00274. The first kappa shape index (κ1) is 13.8. The summed E-state index contributed by atoms with van der Waals surface area (Å²) in [7, 11) is -1.59. The van der Waals surface area contributed by atoms with E-state index in [1.165, 1.54) is 4.31 Å². The molecule has 2 rings (SSSR count). The molecule has 1 N–H and O–H groups in total. The first-order chi connectivity index (χ1) is 8.51. The van der Waals surface area contributed by atoms with E-state index >= 15 is 0 Å². The Morgan fingerprint density at radius 3 is 2.56 bits per heavy atom. The SMILES string of the molecule is CN1CCCN(S(=O)(=O)C2CCNCC2)CC1=O. The standard InChI is InChI=1S/C11H21N3O3S/c1-13-7-2-8-14(9-11(13)15)18(16,17)10-3-5-12-6-4-10/h10,12H,2-9H2,1H3. The summed E-state index contributed by atoms with van der Waals surface area (Å²) < 4.78 is 26.3. The maximum Gasteiger partial charge on any atom is 0.237 e. The fraction of sp³-hybridized carbons (Fsp3) is 0.909. The lowest BCUT2D eigenvalue weighted by Gasteiger charge is -2.28. The number of rotatable bonds is 2. The van der Waals surface area contributed by atoms with E-state index in [1.54, 1.807) is 11.9 Å². The van der Waals surface area contributed by atoms with Crippen LogP contribution in [0.1, 0.15) is 19.3 Å². The molecule has 104 valence electrons. The minimum Gasteiger partial charge on any atom is -0.345 e. The molecule has 0 radical (unpaired) electrons. The van der Waals surface area contributed by atoms with Crippen LogP contribution >= 0.6 is 0 Å². The van der Waals surface area contributed by atoms with Gasteiger partial charge in [-0.05, 0) is 32.4 Å². The maximum atomic E-state index is 12.5. The highest BCUT2D eigenvalue weighted by atomic mass is 32.2. The lowest BCUT2D eigenvalue weighted by molar-refractivity contribution is -0.129. The van der Waals surface area contributed by atoms with Crippen LogP contribution in [0.25, 0.3) is 0 Å². The zero-order valence-corrected chi connectivity index (χ0v) is 11.6. The lowest BCUT2D eigenvalue weighted by Crippen LogP contribution is -2.46. The maximum absolute atomic E-state index is 12.5. The van der Waals surface area contributed by atoms with Gasteiger partial charge in [0.15, 0.2) is 0 Å². The van der Waals surface area contributed by atoms with E-state index in [-0.39, 0.29) is 17.7 Å². The van der Waals surface area contributed by atoms with Gasteiger partial charge in [-0.2, -0.15) is 4.31 Å². The molecule has 1 amide bonds. The Bertz CT molecular complexity index is 404. The van der Waals surface area contributed by atoms with Crippen molar-refractivity contribution in [2.45, 2.75) is 24.5 Å². The molecule has 0 aromatic carbocycles. The van der Waals surface area contributed by atoms with Crippen LogP contribution in [0.2, 0.25) is 0 Å². The Labute approximate surface area is 108 Å². The summed E-state index contributed by atoms with van der Waals surface area (Å²) in [5.74, 6) is -0.106. The number of likely N-dealkylation sites (N-methyl/N-ethyl adjacent to an activating group) is 1. The van der Waals surface area contributed by atoms with Crippen molar-refractivity contribution in [3.63, 3.8) is 0 Å². The highest BCUT2D eigenvalue weighted by Gasteiger charge is 2.35. The summed E-state index contributed by atoms with van der Waals surface area (Å²) in [6.07, 6.45) is 2.00. The second-order valence-electron chi connectivity index (χ2n) is 5.00. The molecule has 0 saturated carbocycles. The average Bonchev–Trinajstić information content (AvgIpc) is 2.54. The molecular weight excluding hydrogens is 254 g/mol. The first-order valence-electron chi connectivity index (χ1n) is 6.45. The monoisotopic (exact) mass is 275 g/mol. The fourth-order valence-corrected chi connectivity index (χ4v) is 4.41. The smallest absolute Gasteiger partial charge is 0.237 e. The third kappa shape index (κ3) is 2.84. The number of piperidine rings is 1. The Hall–Kier alpha value is -0.660. The van der Waals surface area contributed by atoms with E-state index in [2.05, 4.69) is 5.32 Å². The van der Waals surface area contributed by atoms with E-state index < -0.39 is 10.0 Å². The second-order valence-corrected chi connectivity index (χ2v) is 7.21. The van der Waals surface area contributed by atoms with Crippen molar-refractivity contribution in [3.8, 4) is 0 Å². The quantitative estimate of drug-likeness (QED) is 0.719. The van der Waals surface area contributed by atoms with Gasteiger partial charge in [-0.15, -0.1) is 0 Å². The number of sulfonamides is 1. The Morgan fingerprint density at radius 1 is 1.22 bits per heavy atom. The van der Waals surface area contributed by atoms with E-state index in [4.69, 9.17) is 0 Å². The molecule has 0 spiro atoms. The van der Waals surface area contributed by atoms with Crippen molar-refractivity contribution in [2.24, 2.45) is 0 Å². The van der Waals surface area contributed by atoms with Gasteiger partial charge in [-0.1, -0.05) is 0 Å². The summed E-state index contributed by atoms with van der Waals surface area (Å²) >= 11 is 0. The average molecular weight is 275 g/mol. The molecule has 2 aliphatic rings. The van der Waals surface area contributed by atoms with Gasteiger partial charge in [-0.25, -0.2) is 8.42 Å². The highest BCUT2D eigenvalue weighted by molar-refractivity contribution is 7.89. The van der Waals surface area contributed by atoms with Crippen molar-refractivity contribution >= 4 is 15.9 Å². The van der Waals surface area contributed by atoms with E-state index in [0.717, 1.165) is 13.1 Å². The molecule has 0 aromatic heterocycles. The number of hydrogen-bond acceptors (Lipinski definition) is 4. The van der Waals surface area contributed by atoms with E-state index in [9.17, 15) is 13.2 Å². The molecule has 0 aromatic rings. The largest absolute Gasteiger partial charge is 0.345 e. The van der Waals surface area contributed by atoms with Gasteiger partial charge in [0, 0.05) is 20.1 Å². The van der Waals surface area contributed by atoms with Crippen LogP contribution in [-0.4, -0.2) is 68.6 Å². The van der Waals surface area contributed by atoms with Crippen molar-refractivity contribution in [1.82, 2.24) is 14.5 Å². The molecule has 2 saturated heterocycles. The zero-order chi connectivity index (χ0) is 13.2. The fourth-order valence-electron chi connectivity index (χ4n) is 2.48. The molecule has 0 atom stereocenters. The van der Waals surface area contributed by atoms with Crippen LogP contribution < -0.4 is 5.32 Å². The summed E-state index contributed by atoms with van der Waals surface area (Å²) in [6, 6.07) is 0. The number of amides is 1. The van der Waals surface area contributed by atoms with Crippen LogP contribution in [0.4, 0.5) is 0 Å². The summed E-state index contributed by atoms with van der Waals surface area (Å²) in [5.41, 5.74) is 0.